The van der Waals surface area contributed by atoms with E-state index < -0.39 is 10.8 Å². The summed E-state index contributed by atoms with van der Waals surface area (Å²) in [6.07, 6.45) is 1.09. The number of carbonyl (C=O) groups excluding carboxylic acids is 1. The van der Waals surface area contributed by atoms with Crippen molar-refractivity contribution in [3.05, 3.63) is 27.9 Å². The number of hydrogen-bond donors (Lipinski definition) is 1. The van der Waals surface area contributed by atoms with E-state index in [9.17, 15) is 14.9 Å². The Balaban J connectivity index is 3.13. The average molecular weight is 282 g/mol. The van der Waals surface area contributed by atoms with Crippen LogP contribution < -0.4 is 5.32 Å². The smallest absolute Gasteiger partial charge is 0.300 e. The summed E-state index contributed by atoms with van der Waals surface area (Å²) in [5.74, 6) is -0.00288. The van der Waals surface area contributed by atoms with E-state index in [1.54, 1.807) is 14.0 Å². The zero-order valence-electron chi connectivity index (χ0n) is 11.8. The molecule has 0 atom stereocenters. The maximum absolute atomic E-state index is 12.4. The molecule has 0 aliphatic heterocycles. The van der Waals surface area contributed by atoms with Gasteiger partial charge in [0, 0.05) is 33.3 Å². The third-order valence-corrected chi connectivity index (χ3v) is 2.80. The molecular weight excluding hydrogens is 264 g/mol. The molecule has 1 rings (SSSR count). The summed E-state index contributed by atoms with van der Waals surface area (Å²) in [6.45, 7) is 2.99. The molecule has 110 valence electrons. The van der Waals surface area contributed by atoms with Crippen LogP contribution in [0.2, 0.25) is 0 Å². The highest BCUT2D eigenvalue weighted by Crippen LogP contribution is 2.21. The molecule has 8 nitrogen and oxygen atoms in total. The number of nitrogens with zero attached hydrogens (tertiary/aromatic N) is 3. The lowest BCUT2D eigenvalue weighted by Gasteiger charge is -2.20. The fourth-order valence-corrected chi connectivity index (χ4v) is 1.68. The van der Waals surface area contributed by atoms with Crippen LogP contribution >= 0.6 is 0 Å². The predicted molar refractivity (Wildman–Crippen MR) is 73.9 cm³/mol. The molecule has 1 heterocycles. The van der Waals surface area contributed by atoms with Crippen LogP contribution in [-0.4, -0.2) is 54.6 Å². The summed E-state index contributed by atoms with van der Waals surface area (Å²) < 4.78 is 4.93. The van der Waals surface area contributed by atoms with E-state index in [1.165, 1.54) is 18.1 Å². The van der Waals surface area contributed by atoms with Crippen molar-refractivity contribution >= 4 is 17.4 Å². The maximum atomic E-state index is 12.4. The first-order valence-corrected chi connectivity index (χ1v) is 6.15. The molecule has 0 aliphatic rings. The molecule has 20 heavy (non-hydrogen) atoms. The third kappa shape index (κ3) is 3.64. The number of amides is 1. The summed E-state index contributed by atoms with van der Waals surface area (Å²) in [5, 5.41) is 13.8. The fraction of sp³-hybridized carbons (Fsp3) is 0.500. The van der Waals surface area contributed by atoms with Crippen molar-refractivity contribution in [2.24, 2.45) is 0 Å². The van der Waals surface area contributed by atoms with Crippen molar-refractivity contribution in [2.75, 3.05) is 39.2 Å². The molecule has 0 unspecified atom stereocenters. The summed E-state index contributed by atoms with van der Waals surface area (Å²) in [5.41, 5.74) is -0.280. The number of nitrogens with one attached hydrogen (secondary N) is 1. The van der Waals surface area contributed by atoms with Crippen LogP contribution in [0.4, 0.5) is 11.5 Å². The van der Waals surface area contributed by atoms with E-state index in [0.29, 0.717) is 25.5 Å². The van der Waals surface area contributed by atoms with Gasteiger partial charge in [0.25, 0.3) is 11.6 Å². The fourth-order valence-electron chi connectivity index (χ4n) is 1.68. The van der Waals surface area contributed by atoms with Crippen molar-refractivity contribution in [3.8, 4) is 0 Å². The molecule has 1 aromatic rings. The minimum Gasteiger partial charge on any atom is -0.383 e. The second-order valence-electron chi connectivity index (χ2n) is 3.97. The van der Waals surface area contributed by atoms with Gasteiger partial charge in [-0.15, -0.1) is 0 Å². The third-order valence-electron chi connectivity index (χ3n) is 2.80. The number of pyridine rings is 1. The summed E-state index contributed by atoms with van der Waals surface area (Å²) >= 11 is 0. The number of methoxy groups -OCH3 is 1. The largest absolute Gasteiger partial charge is 0.383 e. The summed E-state index contributed by atoms with van der Waals surface area (Å²) in [4.78, 5) is 28.1. The minimum absolute atomic E-state index is 0.0207. The Kier molecular flexibility index (Phi) is 5.85. The van der Waals surface area contributed by atoms with Gasteiger partial charge in [0.1, 0.15) is 17.6 Å². The first kappa shape index (κ1) is 15.8. The Morgan fingerprint density at radius 3 is 2.80 bits per heavy atom. The van der Waals surface area contributed by atoms with Gasteiger partial charge in [0.2, 0.25) is 0 Å². The molecule has 0 saturated carbocycles. The Labute approximate surface area is 116 Å². The zero-order valence-corrected chi connectivity index (χ0v) is 11.8. The van der Waals surface area contributed by atoms with Gasteiger partial charge in [-0.3, -0.25) is 14.9 Å². The maximum Gasteiger partial charge on any atom is 0.300 e. The standard InChI is InChI=1S/C12H18N4O4/c1-4-15(5-6-20-3)12(17)9-7-11(13-2)14-8-10(9)16(18)19/h7-8H,4-6H2,1-3H3,(H,13,14). The number of hydrogen-bond acceptors (Lipinski definition) is 6. The second-order valence-corrected chi connectivity index (χ2v) is 3.97. The monoisotopic (exact) mass is 282 g/mol. The van der Waals surface area contributed by atoms with Crippen LogP contribution in [0.25, 0.3) is 0 Å². The van der Waals surface area contributed by atoms with E-state index in [0.717, 1.165) is 6.20 Å². The normalized spacial score (nSPS) is 10.2. The molecule has 8 heteroatoms. The number of likely N-dealkylation sites (N-methyl/N-ethyl adjacent to an activating group) is 1. The number of carbonyl (C=O) groups is 1. The highest BCUT2D eigenvalue weighted by molar-refractivity contribution is 5.98. The molecular formula is C12H18N4O4. The Hall–Kier alpha value is -2.22. The van der Waals surface area contributed by atoms with Gasteiger partial charge < -0.3 is 15.0 Å². The van der Waals surface area contributed by atoms with E-state index in [-0.39, 0.29) is 11.3 Å². The molecule has 0 saturated heterocycles. The van der Waals surface area contributed by atoms with Crippen LogP contribution in [0.1, 0.15) is 17.3 Å². The van der Waals surface area contributed by atoms with Crippen molar-refractivity contribution in [2.45, 2.75) is 6.92 Å². The lowest BCUT2D eigenvalue weighted by atomic mass is 10.2. The van der Waals surface area contributed by atoms with E-state index in [4.69, 9.17) is 4.74 Å². The predicted octanol–water partition coefficient (Wildman–Crippen LogP) is 1.14. The van der Waals surface area contributed by atoms with Crippen molar-refractivity contribution in [3.63, 3.8) is 0 Å². The Morgan fingerprint density at radius 1 is 1.60 bits per heavy atom. The molecule has 0 aliphatic carbocycles. The van der Waals surface area contributed by atoms with Crippen molar-refractivity contribution in [1.82, 2.24) is 9.88 Å². The molecule has 0 spiro atoms. The second kappa shape index (κ2) is 7.39. The van der Waals surface area contributed by atoms with Gasteiger partial charge in [-0.2, -0.15) is 0 Å². The van der Waals surface area contributed by atoms with Crippen molar-refractivity contribution in [1.29, 1.82) is 0 Å². The lowest BCUT2D eigenvalue weighted by Crippen LogP contribution is -2.34. The van der Waals surface area contributed by atoms with Crippen molar-refractivity contribution < 1.29 is 14.5 Å². The summed E-state index contributed by atoms with van der Waals surface area (Å²) in [7, 11) is 3.16. The average Bonchev–Trinajstić information content (AvgIpc) is 2.46. The SMILES string of the molecule is CCN(CCOC)C(=O)c1cc(NC)ncc1[N+](=O)[O-]. The Morgan fingerprint density at radius 2 is 2.30 bits per heavy atom. The van der Waals surface area contributed by atoms with Crippen LogP contribution in [0.3, 0.4) is 0 Å². The highest BCUT2D eigenvalue weighted by Gasteiger charge is 2.25. The number of nitro groups is 1. The molecule has 0 aromatic carbocycles. The molecule has 0 radical (unpaired) electrons. The quantitative estimate of drug-likeness (QED) is 0.595. The molecule has 0 fully saturated rings. The van der Waals surface area contributed by atoms with Gasteiger partial charge >= 0.3 is 0 Å². The van der Waals surface area contributed by atoms with Gasteiger partial charge in [-0.1, -0.05) is 0 Å². The lowest BCUT2D eigenvalue weighted by molar-refractivity contribution is -0.385. The van der Waals surface area contributed by atoms with Crippen LogP contribution in [0.5, 0.6) is 0 Å². The topological polar surface area (TPSA) is 97.6 Å². The zero-order chi connectivity index (χ0) is 15.1. The number of rotatable bonds is 7. The van der Waals surface area contributed by atoms with E-state index in [1.807, 2.05) is 0 Å². The van der Waals surface area contributed by atoms with Crippen LogP contribution in [-0.2, 0) is 4.74 Å². The highest BCUT2D eigenvalue weighted by atomic mass is 16.6. The van der Waals surface area contributed by atoms with Gasteiger partial charge in [-0.25, -0.2) is 4.98 Å². The van der Waals surface area contributed by atoms with E-state index in [2.05, 4.69) is 10.3 Å². The summed E-state index contributed by atoms with van der Waals surface area (Å²) in [6, 6.07) is 1.38. The molecule has 1 amide bonds. The molecule has 1 aromatic heterocycles. The van der Waals surface area contributed by atoms with Crippen LogP contribution in [0, 0.1) is 10.1 Å². The first-order valence-electron chi connectivity index (χ1n) is 6.15. The van der Waals surface area contributed by atoms with Crippen LogP contribution in [0.15, 0.2) is 12.3 Å². The first-order chi connectivity index (χ1) is 9.54. The van der Waals surface area contributed by atoms with Gasteiger partial charge in [0.15, 0.2) is 0 Å². The van der Waals surface area contributed by atoms with Gasteiger partial charge in [-0.05, 0) is 6.92 Å². The number of ether oxygens (including phenoxy) is 1. The minimum atomic E-state index is -0.607. The Bertz CT molecular complexity index is 492. The number of anilines is 1. The number of aromatic nitrogens is 1. The molecule has 1 N–H and O–H groups in total. The molecule has 0 bridgehead atoms. The van der Waals surface area contributed by atoms with E-state index >= 15 is 0 Å². The van der Waals surface area contributed by atoms with Gasteiger partial charge in [0.05, 0.1) is 11.5 Å².